The number of ether oxygens (including phenoxy) is 2. The summed E-state index contributed by atoms with van der Waals surface area (Å²) in [5.41, 5.74) is 3.63. The Morgan fingerprint density at radius 2 is 1.90 bits per heavy atom. The molecule has 0 unspecified atom stereocenters. The van der Waals surface area contributed by atoms with Crippen LogP contribution >= 0.6 is 11.3 Å². The summed E-state index contributed by atoms with van der Waals surface area (Å²) in [6, 6.07) is 12.4. The number of aliphatic hydroxyl groups excluding tert-OH is 1. The molecule has 0 aliphatic rings. The van der Waals surface area contributed by atoms with E-state index in [-0.39, 0.29) is 24.6 Å². The predicted octanol–water partition coefficient (Wildman–Crippen LogP) is 5.02. The van der Waals surface area contributed by atoms with Crippen molar-refractivity contribution in [3.05, 3.63) is 86.2 Å². The summed E-state index contributed by atoms with van der Waals surface area (Å²) in [7, 11) is 0. The molecule has 2 aromatic heterocycles. The number of thiazole rings is 1. The molecule has 7 heteroatoms. The van der Waals surface area contributed by atoms with Crippen molar-refractivity contribution in [1.82, 2.24) is 4.98 Å². The zero-order valence-corrected chi connectivity index (χ0v) is 18.1. The van der Waals surface area contributed by atoms with Crippen LogP contribution in [0.2, 0.25) is 0 Å². The van der Waals surface area contributed by atoms with E-state index < -0.39 is 0 Å². The lowest BCUT2D eigenvalue weighted by atomic mass is 10.1. The van der Waals surface area contributed by atoms with Crippen molar-refractivity contribution in [3.8, 4) is 11.5 Å². The van der Waals surface area contributed by atoms with Gasteiger partial charge in [-0.15, -0.1) is 11.3 Å². The van der Waals surface area contributed by atoms with E-state index in [1.54, 1.807) is 23.8 Å². The second-order valence-electron chi connectivity index (χ2n) is 7.43. The van der Waals surface area contributed by atoms with Gasteiger partial charge in [-0.1, -0.05) is 38.1 Å². The normalized spacial score (nSPS) is 11.2. The Hall–Kier alpha value is -3.16. The number of hydrogen-bond donors (Lipinski definition) is 1. The van der Waals surface area contributed by atoms with Crippen molar-refractivity contribution in [1.29, 1.82) is 0 Å². The standard InChI is InChI=1S/C24H23NO5S/c1-15(2)21-9-20(27)24-22(29-12-17-6-4-3-5-16(17)11-26)7-18(8-23(24)30-21)28-13-19-10-25-14-31-19/h3-10,14-15,26H,11-13H2,1-2H3. The van der Waals surface area contributed by atoms with Crippen molar-refractivity contribution in [2.45, 2.75) is 39.6 Å². The Morgan fingerprint density at radius 3 is 2.61 bits per heavy atom. The van der Waals surface area contributed by atoms with Gasteiger partial charge in [0.1, 0.15) is 41.4 Å². The first-order chi connectivity index (χ1) is 15.0. The van der Waals surface area contributed by atoms with Crippen LogP contribution in [0.1, 0.15) is 41.5 Å². The molecule has 2 heterocycles. The zero-order chi connectivity index (χ0) is 21.8. The van der Waals surface area contributed by atoms with Gasteiger partial charge in [0.05, 0.1) is 17.0 Å². The fourth-order valence-corrected chi connectivity index (χ4v) is 3.71. The number of nitrogens with zero attached hydrogens (tertiary/aromatic N) is 1. The second-order valence-corrected chi connectivity index (χ2v) is 8.41. The van der Waals surface area contributed by atoms with Crippen LogP contribution in [0.4, 0.5) is 0 Å². The molecule has 0 amide bonds. The largest absolute Gasteiger partial charge is 0.488 e. The fourth-order valence-electron chi connectivity index (χ4n) is 3.20. The van der Waals surface area contributed by atoms with Gasteiger partial charge in [-0.25, -0.2) is 0 Å². The molecule has 6 nitrogen and oxygen atoms in total. The van der Waals surface area contributed by atoms with Gasteiger partial charge in [0.2, 0.25) is 0 Å². The highest BCUT2D eigenvalue weighted by Crippen LogP contribution is 2.32. The van der Waals surface area contributed by atoms with E-state index in [4.69, 9.17) is 13.9 Å². The third kappa shape index (κ3) is 4.78. The maximum Gasteiger partial charge on any atom is 0.196 e. The molecule has 0 radical (unpaired) electrons. The topological polar surface area (TPSA) is 81.8 Å². The van der Waals surface area contributed by atoms with Gasteiger partial charge < -0.3 is 19.0 Å². The quantitative estimate of drug-likeness (QED) is 0.417. The van der Waals surface area contributed by atoms with Gasteiger partial charge in [-0.05, 0) is 11.1 Å². The number of hydrogen-bond acceptors (Lipinski definition) is 7. The third-order valence-corrected chi connectivity index (χ3v) is 5.65. The molecule has 0 bridgehead atoms. The lowest BCUT2D eigenvalue weighted by Gasteiger charge is -2.14. The van der Waals surface area contributed by atoms with Crippen LogP contribution in [0, 0.1) is 0 Å². The van der Waals surface area contributed by atoms with Gasteiger partial charge in [-0.3, -0.25) is 9.78 Å². The molecular formula is C24H23NO5S. The van der Waals surface area contributed by atoms with E-state index in [1.165, 1.54) is 17.4 Å². The molecule has 0 atom stereocenters. The average Bonchev–Trinajstić information content (AvgIpc) is 3.29. The van der Waals surface area contributed by atoms with E-state index in [2.05, 4.69) is 4.98 Å². The Balaban J connectivity index is 1.72. The van der Waals surface area contributed by atoms with E-state index in [9.17, 15) is 9.90 Å². The molecular weight excluding hydrogens is 414 g/mol. The van der Waals surface area contributed by atoms with Crippen LogP contribution in [0.3, 0.4) is 0 Å². The Bertz CT molecular complexity index is 1230. The molecule has 0 aliphatic carbocycles. The molecule has 160 valence electrons. The molecule has 31 heavy (non-hydrogen) atoms. The SMILES string of the molecule is CC(C)c1cc(=O)c2c(OCc3ccccc3CO)cc(OCc3cncs3)cc2o1. The zero-order valence-electron chi connectivity index (χ0n) is 17.3. The molecule has 0 spiro atoms. The van der Waals surface area contributed by atoms with Crippen molar-refractivity contribution < 1.29 is 19.0 Å². The first-order valence-electron chi connectivity index (χ1n) is 9.97. The summed E-state index contributed by atoms with van der Waals surface area (Å²) < 4.78 is 18.0. The van der Waals surface area contributed by atoms with Gasteiger partial charge in [0, 0.05) is 30.3 Å². The van der Waals surface area contributed by atoms with E-state index in [1.807, 2.05) is 38.1 Å². The first kappa shape index (κ1) is 21.1. The Kier molecular flexibility index (Phi) is 6.34. The molecule has 0 saturated heterocycles. The summed E-state index contributed by atoms with van der Waals surface area (Å²) in [6.07, 6.45) is 1.76. The summed E-state index contributed by atoms with van der Waals surface area (Å²) in [5.74, 6) is 1.59. The summed E-state index contributed by atoms with van der Waals surface area (Å²) >= 11 is 1.51. The van der Waals surface area contributed by atoms with Crippen molar-refractivity contribution in [2.75, 3.05) is 0 Å². The van der Waals surface area contributed by atoms with Gasteiger partial charge >= 0.3 is 0 Å². The number of aliphatic hydroxyl groups is 1. The number of fused-ring (bicyclic) bond motifs is 1. The lowest BCUT2D eigenvalue weighted by molar-refractivity contribution is 0.269. The molecule has 2 aromatic carbocycles. The van der Waals surface area contributed by atoms with Crippen LogP contribution < -0.4 is 14.9 Å². The number of aromatic nitrogens is 1. The first-order valence-corrected chi connectivity index (χ1v) is 10.9. The molecule has 0 aliphatic heterocycles. The fraction of sp³-hybridized carbons (Fsp3) is 0.250. The molecule has 1 N–H and O–H groups in total. The average molecular weight is 438 g/mol. The monoisotopic (exact) mass is 437 g/mol. The minimum Gasteiger partial charge on any atom is -0.488 e. The molecule has 0 saturated carbocycles. The van der Waals surface area contributed by atoms with Crippen LogP contribution in [-0.2, 0) is 19.8 Å². The van der Waals surface area contributed by atoms with Crippen molar-refractivity contribution >= 4 is 22.3 Å². The molecule has 4 rings (SSSR count). The van der Waals surface area contributed by atoms with Crippen LogP contribution in [0.5, 0.6) is 11.5 Å². The lowest BCUT2D eigenvalue weighted by Crippen LogP contribution is -2.08. The van der Waals surface area contributed by atoms with Crippen molar-refractivity contribution in [3.63, 3.8) is 0 Å². The Morgan fingerprint density at radius 1 is 1.10 bits per heavy atom. The van der Waals surface area contributed by atoms with Gasteiger partial charge in [0.25, 0.3) is 0 Å². The Labute approximate surface area is 183 Å². The van der Waals surface area contributed by atoms with E-state index in [0.29, 0.717) is 34.8 Å². The highest BCUT2D eigenvalue weighted by Gasteiger charge is 2.16. The van der Waals surface area contributed by atoms with Crippen LogP contribution in [-0.4, -0.2) is 10.1 Å². The van der Waals surface area contributed by atoms with Crippen LogP contribution in [0.25, 0.3) is 11.0 Å². The molecule has 0 fully saturated rings. The van der Waals surface area contributed by atoms with E-state index in [0.717, 1.165) is 16.0 Å². The second kappa shape index (κ2) is 9.32. The maximum atomic E-state index is 12.9. The summed E-state index contributed by atoms with van der Waals surface area (Å²) in [4.78, 5) is 17.9. The number of benzene rings is 2. The minimum atomic E-state index is -0.163. The number of rotatable bonds is 8. The van der Waals surface area contributed by atoms with Gasteiger partial charge in [0.15, 0.2) is 5.43 Å². The smallest absolute Gasteiger partial charge is 0.196 e. The summed E-state index contributed by atoms with van der Waals surface area (Å²) in [6.45, 7) is 4.42. The minimum absolute atomic E-state index is 0.0691. The molecule has 4 aromatic rings. The highest BCUT2D eigenvalue weighted by molar-refractivity contribution is 7.09. The third-order valence-electron chi connectivity index (χ3n) is 4.89. The van der Waals surface area contributed by atoms with Crippen LogP contribution in [0.15, 0.2) is 63.4 Å². The van der Waals surface area contributed by atoms with Crippen molar-refractivity contribution in [2.24, 2.45) is 0 Å². The summed E-state index contributed by atoms with van der Waals surface area (Å²) in [5, 5.41) is 9.95. The maximum absolute atomic E-state index is 12.9. The predicted molar refractivity (Wildman–Crippen MR) is 120 cm³/mol. The van der Waals surface area contributed by atoms with E-state index >= 15 is 0 Å². The van der Waals surface area contributed by atoms with Gasteiger partial charge in [-0.2, -0.15) is 0 Å². The highest BCUT2D eigenvalue weighted by atomic mass is 32.1.